The SMILES string of the molecule is Nc1nc(N2CCS(=O)(=O)CC2)c(Cl)cc1Cl. The zero-order chi connectivity index (χ0) is 12.6. The van der Waals surface area contributed by atoms with E-state index in [2.05, 4.69) is 4.98 Å². The summed E-state index contributed by atoms with van der Waals surface area (Å²) in [6, 6.07) is 1.52. The van der Waals surface area contributed by atoms with Crippen LogP contribution in [0, 0.1) is 0 Å². The highest BCUT2D eigenvalue weighted by atomic mass is 35.5. The minimum absolute atomic E-state index is 0.105. The van der Waals surface area contributed by atoms with Crippen molar-refractivity contribution in [1.82, 2.24) is 4.98 Å². The van der Waals surface area contributed by atoms with Crippen molar-refractivity contribution in [2.75, 3.05) is 35.2 Å². The van der Waals surface area contributed by atoms with Gasteiger partial charge in [-0.1, -0.05) is 23.2 Å². The standard InChI is InChI=1S/C9H11Cl2N3O2S/c10-6-5-7(11)9(13-8(6)12)14-1-3-17(15,16)4-2-14/h5H,1-4H2,(H2,12,13). The summed E-state index contributed by atoms with van der Waals surface area (Å²) < 4.78 is 22.6. The molecule has 0 aliphatic carbocycles. The van der Waals surface area contributed by atoms with Gasteiger partial charge in [-0.3, -0.25) is 0 Å². The first-order chi connectivity index (χ1) is 7.89. The summed E-state index contributed by atoms with van der Waals surface area (Å²) in [6.07, 6.45) is 0. The third-order valence-corrected chi connectivity index (χ3v) is 4.77. The molecule has 0 spiro atoms. The number of nitrogens with zero attached hydrogens (tertiary/aromatic N) is 2. The summed E-state index contributed by atoms with van der Waals surface area (Å²) in [5, 5.41) is 0.673. The fourth-order valence-corrected chi connectivity index (χ4v) is 3.30. The normalized spacial score (nSPS) is 19.3. The van der Waals surface area contributed by atoms with Crippen molar-refractivity contribution in [3.8, 4) is 0 Å². The molecule has 0 atom stereocenters. The van der Waals surface area contributed by atoms with Crippen molar-refractivity contribution >= 4 is 44.7 Å². The fraction of sp³-hybridized carbons (Fsp3) is 0.444. The molecule has 94 valence electrons. The lowest BCUT2D eigenvalue weighted by atomic mass is 10.4. The molecule has 5 nitrogen and oxygen atoms in total. The fourth-order valence-electron chi connectivity index (χ4n) is 1.62. The van der Waals surface area contributed by atoms with Crippen molar-refractivity contribution in [3.05, 3.63) is 16.1 Å². The molecule has 1 fully saturated rings. The summed E-state index contributed by atoms with van der Waals surface area (Å²) in [6.45, 7) is 0.742. The molecule has 0 aromatic carbocycles. The van der Waals surface area contributed by atoms with Gasteiger partial charge in [-0.25, -0.2) is 13.4 Å². The number of pyridine rings is 1. The highest BCUT2D eigenvalue weighted by molar-refractivity contribution is 7.91. The van der Waals surface area contributed by atoms with Gasteiger partial charge in [-0.05, 0) is 6.07 Å². The van der Waals surface area contributed by atoms with Gasteiger partial charge in [0.15, 0.2) is 9.84 Å². The third kappa shape index (κ3) is 2.75. The lowest BCUT2D eigenvalue weighted by molar-refractivity contribution is 0.586. The summed E-state index contributed by atoms with van der Waals surface area (Å²) in [5.41, 5.74) is 5.60. The van der Waals surface area contributed by atoms with Crippen molar-refractivity contribution in [2.45, 2.75) is 0 Å². The van der Waals surface area contributed by atoms with Crippen LogP contribution in [0.4, 0.5) is 11.6 Å². The third-order valence-electron chi connectivity index (χ3n) is 2.58. The van der Waals surface area contributed by atoms with Gasteiger partial charge < -0.3 is 10.6 Å². The van der Waals surface area contributed by atoms with Crippen LogP contribution in [0.5, 0.6) is 0 Å². The molecule has 0 saturated carbocycles. The number of aromatic nitrogens is 1. The lowest BCUT2D eigenvalue weighted by Gasteiger charge is -2.28. The molecule has 8 heteroatoms. The van der Waals surface area contributed by atoms with E-state index in [1.807, 2.05) is 0 Å². The number of hydrogen-bond donors (Lipinski definition) is 1. The van der Waals surface area contributed by atoms with Crippen LogP contribution >= 0.6 is 23.2 Å². The van der Waals surface area contributed by atoms with E-state index in [9.17, 15) is 8.42 Å². The molecule has 1 aliphatic rings. The van der Waals surface area contributed by atoms with Crippen molar-refractivity contribution in [1.29, 1.82) is 0 Å². The molecule has 1 aromatic rings. The largest absolute Gasteiger partial charge is 0.382 e. The second-order valence-electron chi connectivity index (χ2n) is 3.80. The summed E-state index contributed by atoms with van der Waals surface area (Å²) in [7, 11) is -2.92. The highest BCUT2D eigenvalue weighted by Crippen LogP contribution is 2.30. The molecule has 0 bridgehead atoms. The van der Waals surface area contributed by atoms with Gasteiger partial charge in [0.05, 0.1) is 21.6 Å². The molecular weight excluding hydrogens is 285 g/mol. The zero-order valence-electron chi connectivity index (χ0n) is 8.86. The number of nitrogen functional groups attached to an aromatic ring is 1. The minimum Gasteiger partial charge on any atom is -0.382 e. The number of sulfone groups is 1. The first kappa shape index (κ1) is 12.7. The van der Waals surface area contributed by atoms with Gasteiger partial charge >= 0.3 is 0 Å². The van der Waals surface area contributed by atoms with Gasteiger partial charge in [-0.2, -0.15) is 0 Å². The molecule has 2 N–H and O–H groups in total. The van der Waals surface area contributed by atoms with Crippen LogP contribution in [0.2, 0.25) is 10.0 Å². The second kappa shape index (κ2) is 4.51. The number of hydrogen-bond acceptors (Lipinski definition) is 5. The highest BCUT2D eigenvalue weighted by Gasteiger charge is 2.24. The van der Waals surface area contributed by atoms with E-state index >= 15 is 0 Å². The van der Waals surface area contributed by atoms with Crippen LogP contribution < -0.4 is 10.6 Å². The predicted molar refractivity (Wildman–Crippen MR) is 69.5 cm³/mol. The monoisotopic (exact) mass is 295 g/mol. The van der Waals surface area contributed by atoms with Crippen molar-refractivity contribution in [3.63, 3.8) is 0 Å². The molecule has 1 saturated heterocycles. The number of anilines is 2. The maximum Gasteiger partial charge on any atom is 0.153 e. The summed E-state index contributed by atoms with van der Waals surface area (Å²) >= 11 is 11.8. The molecule has 1 aromatic heterocycles. The van der Waals surface area contributed by atoms with E-state index in [0.717, 1.165) is 0 Å². The Morgan fingerprint density at radius 2 is 1.82 bits per heavy atom. The average Bonchev–Trinajstić information content (AvgIpc) is 2.24. The van der Waals surface area contributed by atoms with Crippen LogP contribution in [0.15, 0.2) is 6.07 Å². The molecule has 0 radical (unpaired) electrons. The first-order valence-corrected chi connectivity index (χ1v) is 7.54. The van der Waals surface area contributed by atoms with Gasteiger partial charge in [0.1, 0.15) is 11.6 Å². The molecule has 1 aliphatic heterocycles. The summed E-state index contributed by atoms with van der Waals surface area (Å²) in [4.78, 5) is 5.89. The number of rotatable bonds is 1. The van der Waals surface area contributed by atoms with Crippen LogP contribution in [0.25, 0.3) is 0 Å². The van der Waals surface area contributed by atoms with Gasteiger partial charge in [0, 0.05) is 13.1 Å². The summed E-state index contributed by atoms with van der Waals surface area (Å²) in [5.74, 6) is 0.893. The predicted octanol–water partition coefficient (Wildman–Crippen LogP) is 1.21. The van der Waals surface area contributed by atoms with Crippen LogP contribution in [-0.2, 0) is 9.84 Å². The molecule has 0 unspecified atom stereocenters. The van der Waals surface area contributed by atoms with Crippen molar-refractivity contribution < 1.29 is 8.42 Å². The quantitative estimate of drug-likeness (QED) is 0.843. The smallest absolute Gasteiger partial charge is 0.153 e. The van der Waals surface area contributed by atoms with E-state index < -0.39 is 9.84 Å². The Morgan fingerprint density at radius 1 is 1.24 bits per heavy atom. The Bertz CT molecular complexity index is 533. The van der Waals surface area contributed by atoms with Crippen LogP contribution in [0.1, 0.15) is 0 Å². The minimum atomic E-state index is -2.92. The van der Waals surface area contributed by atoms with E-state index in [0.29, 0.717) is 29.0 Å². The maximum atomic E-state index is 11.3. The van der Waals surface area contributed by atoms with Crippen molar-refractivity contribution in [2.24, 2.45) is 0 Å². The maximum absolute atomic E-state index is 11.3. The molecular formula is C9H11Cl2N3O2S. The Kier molecular flexibility index (Phi) is 3.38. The van der Waals surface area contributed by atoms with Crippen LogP contribution in [0.3, 0.4) is 0 Å². The molecule has 0 amide bonds. The van der Waals surface area contributed by atoms with Gasteiger partial charge in [0.25, 0.3) is 0 Å². The van der Waals surface area contributed by atoms with Crippen LogP contribution in [-0.4, -0.2) is 38.0 Å². The Labute approximate surface area is 109 Å². The zero-order valence-corrected chi connectivity index (χ0v) is 11.2. The number of nitrogens with two attached hydrogens (primary N) is 1. The molecule has 17 heavy (non-hydrogen) atoms. The van der Waals surface area contributed by atoms with E-state index in [-0.39, 0.29) is 17.3 Å². The Balaban J connectivity index is 2.27. The Hall–Kier alpha value is -0.720. The Morgan fingerprint density at radius 3 is 2.41 bits per heavy atom. The lowest BCUT2D eigenvalue weighted by Crippen LogP contribution is -2.40. The molecule has 2 heterocycles. The average molecular weight is 296 g/mol. The molecule has 2 rings (SSSR count). The van der Waals surface area contributed by atoms with E-state index in [1.54, 1.807) is 4.90 Å². The van der Waals surface area contributed by atoms with E-state index in [4.69, 9.17) is 28.9 Å². The first-order valence-electron chi connectivity index (χ1n) is 4.96. The van der Waals surface area contributed by atoms with E-state index in [1.165, 1.54) is 6.07 Å². The number of halogens is 2. The second-order valence-corrected chi connectivity index (χ2v) is 6.92. The topological polar surface area (TPSA) is 76.3 Å². The van der Waals surface area contributed by atoms with Gasteiger partial charge in [0.2, 0.25) is 0 Å². The van der Waals surface area contributed by atoms with Gasteiger partial charge in [-0.15, -0.1) is 0 Å².